The third kappa shape index (κ3) is 2.16. The molecule has 0 fully saturated rings. The minimum Gasteiger partial charge on any atom is -0.282 e. The Morgan fingerprint density at radius 1 is 0.950 bits per heavy atom. The zero-order valence-corrected chi connectivity index (χ0v) is 13.1. The van der Waals surface area contributed by atoms with Crippen LogP contribution < -0.4 is 0 Å². The molecule has 0 aliphatic carbocycles. The number of imidazole rings is 1. The van der Waals surface area contributed by atoms with E-state index in [1.54, 1.807) is 12.4 Å². The molecule has 2 aromatic heterocycles. The molecule has 0 unspecified atom stereocenters. The van der Waals surface area contributed by atoms with Gasteiger partial charge in [0.25, 0.3) is 0 Å². The van der Waals surface area contributed by atoms with Crippen molar-refractivity contribution >= 4 is 45.8 Å². The summed E-state index contributed by atoms with van der Waals surface area (Å²) in [6.45, 7) is 4.11. The van der Waals surface area contributed by atoms with E-state index in [2.05, 4.69) is 29.9 Å². The minimum absolute atomic E-state index is 0.219. The molecule has 102 valence electrons. The second-order valence-corrected chi connectivity index (χ2v) is 5.78. The maximum Gasteiger partial charge on any atom is 0.159 e. The van der Waals surface area contributed by atoms with E-state index in [4.69, 9.17) is 34.8 Å². The van der Waals surface area contributed by atoms with Crippen LogP contribution in [0.5, 0.6) is 0 Å². The zero-order chi connectivity index (χ0) is 14.4. The van der Waals surface area contributed by atoms with Crippen LogP contribution in [0.1, 0.15) is 11.1 Å². The summed E-state index contributed by atoms with van der Waals surface area (Å²) in [6.07, 6.45) is 1.68. The van der Waals surface area contributed by atoms with Crippen molar-refractivity contribution in [3.8, 4) is 5.82 Å². The molecule has 3 rings (SSSR count). The fourth-order valence-corrected chi connectivity index (χ4v) is 2.62. The molecule has 0 aliphatic rings. The average molecular weight is 327 g/mol. The van der Waals surface area contributed by atoms with Gasteiger partial charge in [-0.05, 0) is 43.2 Å². The molecule has 2 heterocycles. The largest absolute Gasteiger partial charge is 0.282 e. The third-order valence-corrected chi connectivity index (χ3v) is 4.21. The third-order valence-electron chi connectivity index (χ3n) is 3.26. The molecule has 20 heavy (non-hydrogen) atoms. The first-order chi connectivity index (χ1) is 9.47. The van der Waals surface area contributed by atoms with Gasteiger partial charge in [0.05, 0.1) is 21.1 Å². The summed E-state index contributed by atoms with van der Waals surface area (Å²) in [5, 5.41) is 0.977. The molecule has 3 nitrogen and oxygen atoms in total. The van der Waals surface area contributed by atoms with Crippen molar-refractivity contribution in [1.82, 2.24) is 14.5 Å². The Kier molecular flexibility index (Phi) is 3.36. The molecule has 0 aliphatic heterocycles. The lowest BCUT2D eigenvalue weighted by molar-refractivity contribution is 1.02. The maximum absolute atomic E-state index is 6.21. The van der Waals surface area contributed by atoms with Crippen molar-refractivity contribution in [3.63, 3.8) is 0 Å². The van der Waals surface area contributed by atoms with Gasteiger partial charge in [-0.3, -0.25) is 4.57 Å². The van der Waals surface area contributed by atoms with Crippen LogP contribution >= 0.6 is 34.8 Å². The number of halogens is 3. The summed E-state index contributed by atoms with van der Waals surface area (Å²) in [7, 11) is 0. The Morgan fingerprint density at radius 3 is 2.40 bits per heavy atom. The summed E-state index contributed by atoms with van der Waals surface area (Å²) in [4.78, 5) is 8.62. The van der Waals surface area contributed by atoms with Crippen molar-refractivity contribution in [2.24, 2.45) is 0 Å². The summed E-state index contributed by atoms with van der Waals surface area (Å²) < 4.78 is 1.81. The second-order valence-electron chi connectivity index (χ2n) is 4.61. The van der Waals surface area contributed by atoms with Gasteiger partial charge in [0, 0.05) is 0 Å². The van der Waals surface area contributed by atoms with Crippen LogP contribution in [0.4, 0.5) is 0 Å². The fraction of sp³-hybridized carbons (Fsp3) is 0.143. The Labute approximate surface area is 131 Å². The normalized spacial score (nSPS) is 11.2. The number of rotatable bonds is 1. The molecule has 3 aromatic rings. The van der Waals surface area contributed by atoms with Gasteiger partial charge in [-0.2, -0.15) is 0 Å². The number of hydrogen-bond acceptors (Lipinski definition) is 2. The number of benzene rings is 1. The van der Waals surface area contributed by atoms with Crippen LogP contribution in [-0.4, -0.2) is 14.5 Å². The van der Waals surface area contributed by atoms with Crippen molar-refractivity contribution in [1.29, 1.82) is 0 Å². The number of nitrogens with zero attached hydrogens (tertiary/aromatic N) is 3. The molecule has 0 radical (unpaired) electrons. The minimum atomic E-state index is 0.219. The van der Waals surface area contributed by atoms with Gasteiger partial charge in [-0.15, -0.1) is 0 Å². The highest BCUT2D eigenvalue weighted by Gasteiger charge is 2.13. The van der Waals surface area contributed by atoms with E-state index in [1.165, 1.54) is 11.1 Å². The van der Waals surface area contributed by atoms with E-state index in [9.17, 15) is 0 Å². The molecule has 6 heteroatoms. The fourth-order valence-electron chi connectivity index (χ4n) is 2.04. The standard InChI is InChI=1S/C14H10Cl3N3/c1-7-3-11-12(4-8(7)2)20(6-18-11)14-10(16)5-9(15)13(17)19-14/h3-6H,1-2H3. The predicted octanol–water partition coefficient (Wildman–Crippen LogP) is 5.00. The van der Waals surface area contributed by atoms with Gasteiger partial charge in [-0.25, -0.2) is 9.97 Å². The lowest BCUT2D eigenvalue weighted by atomic mass is 10.1. The van der Waals surface area contributed by atoms with Crippen molar-refractivity contribution in [3.05, 3.63) is 50.9 Å². The number of hydrogen-bond donors (Lipinski definition) is 0. The summed E-state index contributed by atoms with van der Waals surface area (Å²) in [5.41, 5.74) is 4.18. The Morgan fingerprint density at radius 2 is 1.65 bits per heavy atom. The van der Waals surface area contributed by atoms with E-state index >= 15 is 0 Å². The molecule has 0 N–H and O–H groups in total. The van der Waals surface area contributed by atoms with Gasteiger partial charge in [0.2, 0.25) is 0 Å². The number of pyridine rings is 1. The first-order valence-corrected chi connectivity index (χ1v) is 7.07. The molecule has 1 aromatic carbocycles. The van der Waals surface area contributed by atoms with Crippen molar-refractivity contribution in [2.75, 3.05) is 0 Å². The van der Waals surface area contributed by atoms with Crippen LogP contribution in [-0.2, 0) is 0 Å². The van der Waals surface area contributed by atoms with Gasteiger partial charge in [-0.1, -0.05) is 34.8 Å². The SMILES string of the molecule is Cc1cc2ncn(-c3nc(Cl)c(Cl)cc3Cl)c2cc1C. The topological polar surface area (TPSA) is 30.7 Å². The molecular formula is C14H10Cl3N3. The maximum atomic E-state index is 6.21. The first kappa shape index (κ1) is 13.7. The molecule has 0 spiro atoms. The predicted molar refractivity (Wildman–Crippen MR) is 83.4 cm³/mol. The van der Waals surface area contributed by atoms with Gasteiger partial charge in [0.15, 0.2) is 5.82 Å². The van der Waals surface area contributed by atoms with Crippen LogP contribution in [0.3, 0.4) is 0 Å². The van der Waals surface area contributed by atoms with E-state index in [0.29, 0.717) is 15.9 Å². The number of aryl methyl sites for hydroxylation is 2. The van der Waals surface area contributed by atoms with Gasteiger partial charge < -0.3 is 0 Å². The summed E-state index contributed by atoms with van der Waals surface area (Å²) in [6, 6.07) is 5.67. The molecule has 0 saturated carbocycles. The lowest BCUT2D eigenvalue weighted by Crippen LogP contribution is -1.98. The monoisotopic (exact) mass is 325 g/mol. The molecule has 0 amide bonds. The van der Waals surface area contributed by atoms with E-state index in [0.717, 1.165) is 11.0 Å². The highest BCUT2D eigenvalue weighted by molar-refractivity contribution is 6.42. The first-order valence-electron chi connectivity index (χ1n) is 5.93. The molecule has 0 bridgehead atoms. The van der Waals surface area contributed by atoms with Gasteiger partial charge in [0.1, 0.15) is 11.5 Å². The quantitative estimate of drug-likeness (QED) is 0.589. The average Bonchev–Trinajstić information content (AvgIpc) is 2.77. The Bertz CT molecular complexity index is 824. The number of fused-ring (bicyclic) bond motifs is 1. The highest BCUT2D eigenvalue weighted by Crippen LogP contribution is 2.30. The van der Waals surface area contributed by atoms with Crippen LogP contribution in [0.2, 0.25) is 15.2 Å². The van der Waals surface area contributed by atoms with Crippen molar-refractivity contribution < 1.29 is 0 Å². The molecular weight excluding hydrogens is 317 g/mol. The Balaban J connectivity index is 2.30. The molecule has 0 saturated heterocycles. The van der Waals surface area contributed by atoms with Gasteiger partial charge >= 0.3 is 0 Å². The van der Waals surface area contributed by atoms with Crippen LogP contribution in [0.25, 0.3) is 16.9 Å². The van der Waals surface area contributed by atoms with Crippen LogP contribution in [0, 0.1) is 13.8 Å². The van der Waals surface area contributed by atoms with Crippen LogP contribution in [0.15, 0.2) is 24.5 Å². The van der Waals surface area contributed by atoms with E-state index < -0.39 is 0 Å². The van der Waals surface area contributed by atoms with Crippen molar-refractivity contribution in [2.45, 2.75) is 13.8 Å². The smallest absolute Gasteiger partial charge is 0.159 e. The lowest BCUT2D eigenvalue weighted by Gasteiger charge is -2.08. The number of aromatic nitrogens is 3. The molecule has 0 atom stereocenters. The second kappa shape index (κ2) is 4.92. The summed E-state index contributed by atoms with van der Waals surface area (Å²) in [5.74, 6) is 0.520. The summed E-state index contributed by atoms with van der Waals surface area (Å²) >= 11 is 18.1. The van der Waals surface area contributed by atoms with E-state index in [1.807, 2.05) is 10.6 Å². The Hall–Kier alpha value is -1.29. The van der Waals surface area contributed by atoms with E-state index in [-0.39, 0.29) is 5.15 Å². The highest BCUT2D eigenvalue weighted by atomic mass is 35.5. The zero-order valence-electron chi connectivity index (χ0n) is 10.8.